The molecule has 10 nitrogen and oxygen atoms in total. The number of aryl methyl sites for hydroxylation is 1. The van der Waals surface area contributed by atoms with Crippen molar-refractivity contribution in [3.63, 3.8) is 0 Å². The SMILES string of the molecule is CCOCc1nc2c(N)nc3cc(C=C(C)C(=O)O)ccc3c2n1CCCCN1CCCS1(O)O. The first kappa shape index (κ1) is 25.4. The van der Waals surface area contributed by atoms with Crippen molar-refractivity contribution >= 4 is 50.6 Å². The van der Waals surface area contributed by atoms with E-state index in [-0.39, 0.29) is 5.57 Å². The first-order valence-corrected chi connectivity index (χ1v) is 13.5. The highest BCUT2D eigenvalue weighted by atomic mass is 32.3. The third-order valence-corrected chi connectivity index (χ3v) is 8.27. The van der Waals surface area contributed by atoms with Crippen LogP contribution in [0.15, 0.2) is 23.8 Å². The average Bonchev–Trinajstić information content (AvgIpc) is 3.34. The van der Waals surface area contributed by atoms with Crippen molar-refractivity contribution in [2.24, 2.45) is 0 Å². The highest BCUT2D eigenvalue weighted by Gasteiger charge is 2.28. The summed E-state index contributed by atoms with van der Waals surface area (Å²) in [7, 11) is -2.60. The van der Waals surface area contributed by atoms with Gasteiger partial charge in [-0.05, 0) is 50.8 Å². The largest absolute Gasteiger partial charge is 0.478 e. The number of fused-ring (bicyclic) bond motifs is 3. The number of pyridine rings is 1. The van der Waals surface area contributed by atoms with E-state index in [1.807, 2.05) is 25.1 Å². The fourth-order valence-corrected chi connectivity index (χ4v) is 6.06. The number of unbranched alkanes of at least 4 members (excludes halogenated alkanes) is 1. The van der Waals surface area contributed by atoms with Gasteiger partial charge in [-0.1, -0.05) is 12.1 Å². The van der Waals surface area contributed by atoms with Gasteiger partial charge in [0.1, 0.15) is 17.9 Å². The van der Waals surface area contributed by atoms with Crippen molar-refractivity contribution in [2.45, 2.75) is 46.3 Å². The van der Waals surface area contributed by atoms with Crippen LogP contribution in [0.2, 0.25) is 0 Å². The second-order valence-corrected chi connectivity index (χ2v) is 10.9. The lowest BCUT2D eigenvalue weighted by atomic mass is 10.1. The van der Waals surface area contributed by atoms with E-state index in [0.717, 1.165) is 48.1 Å². The Kier molecular flexibility index (Phi) is 7.62. The molecule has 0 unspecified atom stereocenters. The van der Waals surface area contributed by atoms with Gasteiger partial charge in [-0.2, -0.15) is 0 Å². The van der Waals surface area contributed by atoms with Crippen LogP contribution in [0.25, 0.3) is 28.0 Å². The topological polar surface area (TPSA) is 147 Å². The first-order chi connectivity index (χ1) is 16.7. The smallest absolute Gasteiger partial charge is 0.331 e. The summed E-state index contributed by atoms with van der Waals surface area (Å²) in [4.78, 5) is 20.5. The molecule has 3 aromatic rings. The number of carboxylic acids is 1. The van der Waals surface area contributed by atoms with E-state index >= 15 is 0 Å². The van der Waals surface area contributed by atoms with Crippen LogP contribution in [0.1, 0.15) is 44.5 Å². The molecular weight excluding hydrogens is 470 g/mol. The van der Waals surface area contributed by atoms with Gasteiger partial charge in [-0.25, -0.2) is 19.1 Å². The number of nitrogen functional groups attached to an aromatic ring is 1. The summed E-state index contributed by atoms with van der Waals surface area (Å²) in [5, 5.41) is 10.1. The van der Waals surface area contributed by atoms with Gasteiger partial charge in [0.05, 0.1) is 16.8 Å². The number of nitrogens with zero attached hydrogens (tertiary/aromatic N) is 4. The Bertz CT molecular complexity index is 1270. The number of hydrogen-bond donors (Lipinski definition) is 4. The van der Waals surface area contributed by atoms with Crippen LogP contribution < -0.4 is 5.73 Å². The molecule has 0 amide bonds. The van der Waals surface area contributed by atoms with Crippen LogP contribution in [-0.2, 0) is 22.7 Å². The van der Waals surface area contributed by atoms with Crippen molar-refractivity contribution < 1.29 is 23.7 Å². The number of rotatable bonds is 10. The number of aliphatic carboxylic acids is 1. The summed E-state index contributed by atoms with van der Waals surface area (Å²) < 4.78 is 29.9. The summed E-state index contributed by atoms with van der Waals surface area (Å²) in [5.74, 6) is 0.561. The molecule has 35 heavy (non-hydrogen) atoms. The maximum absolute atomic E-state index is 11.2. The standard InChI is InChI=1S/C24H33N5O5S/c1-3-34-15-20-27-21-22(29(20)11-5-4-9-28-10-6-12-35(28,32)33)18-8-7-17(13-16(2)24(30)31)14-19(18)26-23(21)25/h7-8,13-14,32-33H,3-6,9-12,15H2,1-2H3,(H2,25,26)(H,30,31). The molecule has 0 spiro atoms. The van der Waals surface area contributed by atoms with Crippen LogP contribution in [0, 0.1) is 0 Å². The quantitative estimate of drug-likeness (QED) is 0.234. The molecule has 190 valence electrons. The zero-order valence-electron chi connectivity index (χ0n) is 20.1. The predicted octanol–water partition coefficient (Wildman–Crippen LogP) is 4.34. The third-order valence-electron chi connectivity index (χ3n) is 6.24. The van der Waals surface area contributed by atoms with Crippen LogP contribution in [0.4, 0.5) is 5.82 Å². The van der Waals surface area contributed by atoms with E-state index in [1.165, 1.54) is 0 Å². The molecular formula is C24H33N5O5S. The van der Waals surface area contributed by atoms with E-state index in [0.29, 0.717) is 48.9 Å². The van der Waals surface area contributed by atoms with Gasteiger partial charge < -0.3 is 20.1 Å². The van der Waals surface area contributed by atoms with Crippen molar-refractivity contribution in [3.05, 3.63) is 35.2 Å². The first-order valence-electron chi connectivity index (χ1n) is 11.8. The fraction of sp³-hybridized carbons (Fsp3) is 0.458. The monoisotopic (exact) mass is 503 g/mol. The summed E-state index contributed by atoms with van der Waals surface area (Å²) in [6.45, 7) is 6.41. The number of hydrogen-bond acceptors (Lipinski definition) is 8. The number of carbonyl (C=O) groups is 1. The molecule has 0 bridgehead atoms. The number of ether oxygens (including phenoxy) is 1. The van der Waals surface area contributed by atoms with Gasteiger partial charge in [0.15, 0.2) is 5.82 Å². The molecule has 1 aromatic carbocycles. The Morgan fingerprint density at radius 3 is 2.71 bits per heavy atom. The molecule has 1 fully saturated rings. The Balaban J connectivity index is 1.67. The maximum Gasteiger partial charge on any atom is 0.331 e. The van der Waals surface area contributed by atoms with Crippen LogP contribution in [0.3, 0.4) is 0 Å². The number of aromatic nitrogens is 3. The van der Waals surface area contributed by atoms with Crippen LogP contribution >= 0.6 is 10.8 Å². The lowest BCUT2D eigenvalue weighted by Gasteiger charge is -2.36. The summed E-state index contributed by atoms with van der Waals surface area (Å²) in [6, 6.07) is 5.62. The average molecular weight is 504 g/mol. The molecule has 0 aliphatic carbocycles. The minimum absolute atomic E-state index is 0.233. The van der Waals surface area contributed by atoms with Gasteiger partial charge in [-0.3, -0.25) is 9.11 Å². The Hall–Kier alpha value is -2.70. The van der Waals surface area contributed by atoms with E-state index < -0.39 is 16.7 Å². The van der Waals surface area contributed by atoms with E-state index in [1.54, 1.807) is 17.3 Å². The van der Waals surface area contributed by atoms with Gasteiger partial charge >= 0.3 is 5.97 Å². The zero-order chi connectivity index (χ0) is 25.2. The summed E-state index contributed by atoms with van der Waals surface area (Å²) in [6.07, 6.45) is 4.04. The molecule has 5 N–H and O–H groups in total. The van der Waals surface area contributed by atoms with E-state index in [9.17, 15) is 19.0 Å². The number of imidazole rings is 1. The Morgan fingerprint density at radius 2 is 2.03 bits per heavy atom. The maximum atomic E-state index is 11.2. The van der Waals surface area contributed by atoms with Gasteiger partial charge in [0.2, 0.25) is 0 Å². The lowest BCUT2D eigenvalue weighted by molar-refractivity contribution is -0.132. The number of nitrogens with two attached hydrogens (primary N) is 1. The second-order valence-electron chi connectivity index (χ2n) is 8.75. The zero-order valence-corrected chi connectivity index (χ0v) is 20.9. The van der Waals surface area contributed by atoms with Crippen LogP contribution in [-0.4, -0.2) is 64.5 Å². The molecule has 1 aliphatic heterocycles. The minimum atomic E-state index is -2.60. The number of benzene rings is 1. The van der Waals surface area contributed by atoms with Crippen molar-refractivity contribution in [2.75, 3.05) is 31.2 Å². The molecule has 1 saturated heterocycles. The van der Waals surface area contributed by atoms with Crippen molar-refractivity contribution in [3.8, 4) is 0 Å². The molecule has 11 heteroatoms. The van der Waals surface area contributed by atoms with E-state index in [4.69, 9.17) is 15.5 Å². The number of anilines is 1. The Morgan fingerprint density at radius 1 is 1.26 bits per heavy atom. The van der Waals surface area contributed by atoms with Crippen LogP contribution in [0.5, 0.6) is 0 Å². The van der Waals surface area contributed by atoms with Gasteiger partial charge in [0.25, 0.3) is 0 Å². The molecule has 1 aliphatic rings. The van der Waals surface area contributed by atoms with E-state index in [2.05, 4.69) is 9.55 Å². The summed E-state index contributed by atoms with van der Waals surface area (Å²) in [5.41, 5.74) is 9.42. The van der Waals surface area contributed by atoms with Gasteiger partial charge in [-0.15, -0.1) is 10.8 Å². The predicted molar refractivity (Wildman–Crippen MR) is 139 cm³/mol. The molecule has 0 radical (unpaired) electrons. The molecule has 4 rings (SSSR count). The molecule has 0 saturated carbocycles. The molecule has 2 aromatic heterocycles. The van der Waals surface area contributed by atoms with Gasteiger partial charge in [0, 0.05) is 37.2 Å². The highest BCUT2D eigenvalue weighted by Crippen LogP contribution is 2.48. The molecule has 3 heterocycles. The number of carboxylic acid groups (broad SMARTS) is 1. The third kappa shape index (κ3) is 5.44. The Labute approximate surface area is 205 Å². The fourth-order valence-electron chi connectivity index (χ4n) is 4.45. The summed E-state index contributed by atoms with van der Waals surface area (Å²) >= 11 is 0. The lowest BCUT2D eigenvalue weighted by Crippen LogP contribution is -2.24. The second kappa shape index (κ2) is 10.5. The minimum Gasteiger partial charge on any atom is -0.478 e. The highest BCUT2D eigenvalue weighted by molar-refractivity contribution is 8.22. The van der Waals surface area contributed by atoms with Crippen molar-refractivity contribution in [1.29, 1.82) is 0 Å². The molecule has 0 atom stereocenters. The normalized spacial score (nSPS) is 17.4. The van der Waals surface area contributed by atoms with Crippen molar-refractivity contribution in [1.82, 2.24) is 18.8 Å².